The molecule has 2 unspecified atom stereocenters. The Hall–Kier alpha value is -2.90. The first-order valence-electron chi connectivity index (χ1n) is 10.5. The van der Waals surface area contributed by atoms with Gasteiger partial charge < -0.3 is 19.5 Å². The van der Waals surface area contributed by atoms with Gasteiger partial charge in [0.05, 0.1) is 35.1 Å². The van der Waals surface area contributed by atoms with Crippen LogP contribution in [-0.4, -0.2) is 38.7 Å². The monoisotopic (exact) mass is 468 g/mol. The van der Waals surface area contributed by atoms with Gasteiger partial charge in [-0.3, -0.25) is 9.78 Å². The molecule has 0 radical (unpaired) electrons. The molecule has 1 aliphatic rings. The van der Waals surface area contributed by atoms with Crippen LogP contribution in [0.15, 0.2) is 54.7 Å². The number of aryl methyl sites for hydroxylation is 1. The number of aromatic nitrogens is 2. The molecule has 0 spiro atoms. The minimum Gasteiger partial charge on any atom is -0.465 e. The summed E-state index contributed by atoms with van der Waals surface area (Å²) in [5.74, 6) is -0.316. The van der Waals surface area contributed by atoms with Gasteiger partial charge in [0.15, 0.2) is 5.11 Å². The zero-order valence-electron chi connectivity index (χ0n) is 18.2. The van der Waals surface area contributed by atoms with Gasteiger partial charge in [-0.1, -0.05) is 29.8 Å². The highest BCUT2D eigenvalue weighted by Gasteiger charge is 2.42. The maximum atomic E-state index is 12.4. The molecule has 0 amide bonds. The molecule has 8 heteroatoms. The lowest BCUT2D eigenvalue weighted by Gasteiger charge is -2.27. The third kappa shape index (κ3) is 4.10. The van der Waals surface area contributed by atoms with Crippen LogP contribution in [0.25, 0.3) is 5.69 Å². The summed E-state index contributed by atoms with van der Waals surface area (Å²) in [5, 5.41) is 4.55. The van der Waals surface area contributed by atoms with Crippen molar-refractivity contribution in [3.05, 3.63) is 82.4 Å². The highest BCUT2D eigenvalue weighted by molar-refractivity contribution is 7.80. The van der Waals surface area contributed by atoms with Crippen LogP contribution in [0.3, 0.4) is 0 Å². The van der Waals surface area contributed by atoms with Gasteiger partial charge >= 0.3 is 5.97 Å². The Bertz CT molecular complexity index is 1150. The Morgan fingerprint density at radius 1 is 1.22 bits per heavy atom. The van der Waals surface area contributed by atoms with E-state index in [2.05, 4.69) is 27.9 Å². The fourth-order valence-electron chi connectivity index (χ4n) is 4.35. The second-order valence-corrected chi connectivity index (χ2v) is 8.47. The average Bonchev–Trinajstić information content (AvgIpc) is 3.25. The molecule has 3 heterocycles. The predicted octanol–water partition coefficient (Wildman–Crippen LogP) is 4.68. The number of rotatable bonds is 6. The number of hydrogen-bond acceptors (Lipinski definition) is 4. The van der Waals surface area contributed by atoms with Crippen molar-refractivity contribution in [3.8, 4) is 5.69 Å². The summed E-state index contributed by atoms with van der Waals surface area (Å²) in [6.45, 7) is 6.28. The molecule has 3 aromatic rings. The molecule has 1 saturated heterocycles. The van der Waals surface area contributed by atoms with Crippen molar-refractivity contribution in [2.75, 3.05) is 13.2 Å². The molecule has 1 N–H and O–H groups in total. The quantitative estimate of drug-likeness (QED) is 0.418. The number of halogens is 1. The Balaban J connectivity index is 1.83. The Labute approximate surface area is 198 Å². The average molecular weight is 469 g/mol. The van der Waals surface area contributed by atoms with Gasteiger partial charge in [-0.25, -0.2) is 0 Å². The molecule has 0 bridgehead atoms. The molecule has 2 aromatic heterocycles. The first kappa shape index (κ1) is 22.3. The van der Waals surface area contributed by atoms with E-state index in [-0.39, 0.29) is 24.6 Å². The summed E-state index contributed by atoms with van der Waals surface area (Å²) in [7, 11) is 0. The van der Waals surface area contributed by atoms with Crippen LogP contribution >= 0.6 is 23.8 Å². The predicted molar refractivity (Wildman–Crippen MR) is 129 cm³/mol. The summed E-state index contributed by atoms with van der Waals surface area (Å²) in [4.78, 5) is 18.9. The largest absolute Gasteiger partial charge is 0.465 e. The second-order valence-electron chi connectivity index (χ2n) is 7.67. The van der Waals surface area contributed by atoms with Crippen molar-refractivity contribution in [3.63, 3.8) is 0 Å². The van der Waals surface area contributed by atoms with Gasteiger partial charge in [0.25, 0.3) is 0 Å². The lowest BCUT2D eigenvalue weighted by Crippen LogP contribution is -2.35. The van der Waals surface area contributed by atoms with Gasteiger partial charge in [0, 0.05) is 17.6 Å². The van der Waals surface area contributed by atoms with Gasteiger partial charge in [0.2, 0.25) is 0 Å². The number of esters is 1. The molecule has 1 fully saturated rings. The molecule has 4 rings (SSSR count). The summed E-state index contributed by atoms with van der Waals surface area (Å²) in [6.07, 6.45) is 1.76. The number of pyridine rings is 1. The SMILES string of the molecule is CCOC(=O)CN1C(=S)NC(c2ccccn2)C1c1cc(C)n(-c2ccccc2Cl)c1C. The minimum atomic E-state index is -0.316. The first-order valence-corrected chi connectivity index (χ1v) is 11.3. The van der Waals surface area contributed by atoms with E-state index in [1.807, 2.05) is 54.3 Å². The molecule has 2 atom stereocenters. The van der Waals surface area contributed by atoms with Crippen molar-refractivity contribution in [2.24, 2.45) is 0 Å². The molecule has 1 aromatic carbocycles. The summed E-state index contributed by atoms with van der Waals surface area (Å²) < 4.78 is 7.35. The normalized spacial score (nSPS) is 18.0. The standard InChI is InChI=1S/C24H25ClN4O2S/c1-4-31-21(30)14-28-23(22(27-24(28)32)19-10-7-8-12-26-19)17-13-15(2)29(16(17)3)20-11-6-5-9-18(20)25/h5-13,22-23H,4,14H2,1-3H3,(H,27,32). The number of carbonyl (C=O) groups is 1. The van der Waals surface area contributed by atoms with E-state index in [4.69, 9.17) is 28.6 Å². The number of para-hydroxylation sites is 1. The molecular weight excluding hydrogens is 444 g/mol. The van der Waals surface area contributed by atoms with Gasteiger partial charge in [-0.2, -0.15) is 0 Å². The molecular formula is C24H25ClN4O2S. The zero-order chi connectivity index (χ0) is 22.8. The third-order valence-corrected chi connectivity index (χ3v) is 6.36. The van der Waals surface area contributed by atoms with Crippen LogP contribution in [-0.2, 0) is 9.53 Å². The van der Waals surface area contributed by atoms with Crippen molar-refractivity contribution >= 4 is 34.9 Å². The number of nitrogens with one attached hydrogen (secondary N) is 1. The highest BCUT2D eigenvalue weighted by Crippen LogP contribution is 2.41. The molecule has 0 aliphatic carbocycles. The summed E-state index contributed by atoms with van der Waals surface area (Å²) >= 11 is 12.2. The molecule has 0 saturated carbocycles. The smallest absolute Gasteiger partial charge is 0.325 e. The lowest BCUT2D eigenvalue weighted by atomic mass is 9.97. The zero-order valence-corrected chi connectivity index (χ0v) is 19.8. The van der Waals surface area contributed by atoms with Crippen LogP contribution in [0.5, 0.6) is 0 Å². The number of ether oxygens (including phenoxy) is 1. The highest BCUT2D eigenvalue weighted by atomic mass is 35.5. The number of hydrogen-bond donors (Lipinski definition) is 1. The van der Waals surface area contributed by atoms with E-state index in [1.165, 1.54) is 0 Å². The van der Waals surface area contributed by atoms with Crippen LogP contribution in [0.2, 0.25) is 5.02 Å². The van der Waals surface area contributed by atoms with Gasteiger partial charge in [0.1, 0.15) is 6.54 Å². The number of benzene rings is 1. The van der Waals surface area contributed by atoms with Gasteiger partial charge in [-0.05, 0) is 68.9 Å². The Morgan fingerprint density at radius 3 is 2.66 bits per heavy atom. The lowest BCUT2D eigenvalue weighted by molar-refractivity contribution is -0.143. The van der Waals surface area contributed by atoms with E-state index in [0.717, 1.165) is 28.3 Å². The van der Waals surface area contributed by atoms with Crippen LogP contribution in [0.4, 0.5) is 0 Å². The van der Waals surface area contributed by atoms with Crippen LogP contribution < -0.4 is 5.32 Å². The molecule has 32 heavy (non-hydrogen) atoms. The third-order valence-electron chi connectivity index (χ3n) is 5.68. The second kappa shape index (κ2) is 9.30. The molecule has 6 nitrogen and oxygen atoms in total. The van der Waals surface area contributed by atoms with Crippen molar-refractivity contribution in [1.82, 2.24) is 19.8 Å². The fraction of sp³-hybridized carbons (Fsp3) is 0.292. The Kier molecular flexibility index (Phi) is 6.48. The van der Waals surface area contributed by atoms with E-state index in [1.54, 1.807) is 13.1 Å². The van der Waals surface area contributed by atoms with E-state index in [9.17, 15) is 4.79 Å². The topological polar surface area (TPSA) is 59.4 Å². The minimum absolute atomic E-state index is 0.0590. The molecule has 166 valence electrons. The van der Waals surface area contributed by atoms with Gasteiger partial charge in [-0.15, -0.1) is 0 Å². The summed E-state index contributed by atoms with van der Waals surface area (Å²) in [5.41, 5.74) is 4.89. The van der Waals surface area contributed by atoms with Crippen molar-refractivity contribution in [1.29, 1.82) is 0 Å². The van der Waals surface area contributed by atoms with Crippen molar-refractivity contribution < 1.29 is 9.53 Å². The maximum Gasteiger partial charge on any atom is 0.325 e. The van der Waals surface area contributed by atoms with Crippen molar-refractivity contribution in [2.45, 2.75) is 32.9 Å². The van der Waals surface area contributed by atoms with Crippen LogP contribution in [0, 0.1) is 13.8 Å². The molecule has 1 aliphatic heterocycles. The van der Waals surface area contributed by atoms with E-state index >= 15 is 0 Å². The van der Waals surface area contributed by atoms with E-state index in [0.29, 0.717) is 16.7 Å². The number of nitrogens with zero attached hydrogens (tertiary/aromatic N) is 3. The Morgan fingerprint density at radius 2 is 1.97 bits per heavy atom. The maximum absolute atomic E-state index is 12.4. The first-order chi connectivity index (χ1) is 15.4. The van der Waals surface area contributed by atoms with E-state index < -0.39 is 0 Å². The number of carbonyl (C=O) groups excluding carboxylic acids is 1. The fourth-order valence-corrected chi connectivity index (χ4v) is 4.88. The number of thiocarbonyl (C=S) groups is 1. The van der Waals surface area contributed by atoms with Crippen LogP contribution in [0.1, 0.15) is 41.7 Å². The summed E-state index contributed by atoms with van der Waals surface area (Å²) in [6, 6.07) is 15.2.